The molecule has 7 nitrogen and oxygen atoms in total. The smallest absolute Gasteiger partial charge is 0.309 e. The van der Waals surface area contributed by atoms with Crippen molar-refractivity contribution >= 4 is 17.3 Å². The highest BCUT2D eigenvalue weighted by atomic mass is 16.6. The lowest BCUT2D eigenvalue weighted by Crippen LogP contribution is -2.34. The number of rotatable bonds is 5. The molecule has 0 unspecified atom stereocenters. The fourth-order valence-corrected chi connectivity index (χ4v) is 1.52. The first kappa shape index (κ1) is 14.4. The van der Waals surface area contributed by atoms with Crippen molar-refractivity contribution in [3.8, 4) is 6.07 Å². The number of hydrogen-bond acceptors (Lipinski definition) is 5. The normalized spacial score (nSPS) is 9.79. The number of nitrogens with one attached hydrogen (secondary N) is 2. The average Bonchev–Trinajstić information content (AvgIpc) is 2.34. The van der Waals surface area contributed by atoms with E-state index < -0.39 is 4.92 Å². The fraction of sp³-hybridized carbons (Fsp3) is 0.333. The number of carbonyl (C=O) groups is 1. The van der Waals surface area contributed by atoms with E-state index in [0.717, 1.165) is 0 Å². The van der Waals surface area contributed by atoms with E-state index in [1.807, 2.05) is 13.8 Å². The van der Waals surface area contributed by atoms with E-state index in [-0.39, 0.29) is 35.4 Å². The molecule has 0 atom stereocenters. The lowest BCUT2D eigenvalue weighted by molar-refractivity contribution is -0.384. The molecular weight excluding hydrogens is 248 g/mol. The Morgan fingerprint density at radius 2 is 2.21 bits per heavy atom. The monoisotopic (exact) mass is 262 g/mol. The molecule has 2 N–H and O–H groups in total. The van der Waals surface area contributed by atoms with Gasteiger partial charge in [0.1, 0.15) is 17.3 Å². The number of nitrogens with zero attached hydrogens (tertiary/aromatic N) is 2. The van der Waals surface area contributed by atoms with Gasteiger partial charge in [0, 0.05) is 6.04 Å². The molecule has 0 radical (unpaired) electrons. The van der Waals surface area contributed by atoms with Gasteiger partial charge in [-0.3, -0.25) is 14.9 Å². The number of hydrogen-bond donors (Lipinski definition) is 2. The average molecular weight is 262 g/mol. The van der Waals surface area contributed by atoms with Crippen molar-refractivity contribution in [1.29, 1.82) is 5.26 Å². The zero-order valence-corrected chi connectivity index (χ0v) is 10.6. The van der Waals surface area contributed by atoms with E-state index in [1.54, 1.807) is 6.07 Å². The molecule has 0 aliphatic rings. The molecule has 0 spiro atoms. The van der Waals surface area contributed by atoms with Gasteiger partial charge in [0.05, 0.1) is 11.5 Å². The van der Waals surface area contributed by atoms with Crippen molar-refractivity contribution in [3.63, 3.8) is 0 Å². The van der Waals surface area contributed by atoms with Crippen LogP contribution in [0, 0.1) is 21.4 Å². The molecule has 0 aromatic heterocycles. The van der Waals surface area contributed by atoms with Gasteiger partial charge in [-0.15, -0.1) is 0 Å². The Labute approximate surface area is 110 Å². The largest absolute Gasteiger partial charge is 0.371 e. The predicted octanol–water partition coefficient (Wildman–Crippen LogP) is 1.40. The maximum atomic E-state index is 11.5. The number of carbonyl (C=O) groups excluding carboxylic acids is 1. The third-order valence-electron chi connectivity index (χ3n) is 2.23. The molecule has 0 fully saturated rings. The first-order chi connectivity index (χ1) is 8.95. The molecule has 1 rings (SSSR count). The summed E-state index contributed by atoms with van der Waals surface area (Å²) in [5, 5.41) is 25.1. The first-order valence-corrected chi connectivity index (χ1v) is 5.66. The molecule has 1 aromatic carbocycles. The lowest BCUT2D eigenvalue weighted by atomic mass is 10.1. The summed E-state index contributed by atoms with van der Waals surface area (Å²) < 4.78 is 0. The van der Waals surface area contributed by atoms with Crippen LogP contribution < -0.4 is 10.6 Å². The quantitative estimate of drug-likeness (QED) is 0.616. The molecule has 0 saturated heterocycles. The number of anilines is 1. The molecule has 0 bridgehead atoms. The van der Waals surface area contributed by atoms with Gasteiger partial charge in [-0.05, 0) is 26.0 Å². The predicted molar refractivity (Wildman–Crippen MR) is 69.6 cm³/mol. The second-order valence-corrected chi connectivity index (χ2v) is 4.15. The minimum Gasteiger partial charge on any atom is -0.371 e. The van der Waals surface area contributed by atoms with Crippen molar-refractivity contribution in [2.24, 2.45) is 0 Å². The summed E-state index contributed by atoms with van der Waals surface area (Å²) in [6.45, 7) is 3.54. The Balaban J connectivity index is 2.87. The van der Waals surface area contributed by atoms with Crippen molar-refractivity contribution in [2.75, 3.05) is 11.9 Å². The van der Waals surface area contributed by atoms with Gasteiger partial charge in [-0.1, -0.05) is 6.07 Å². The SMILES string of the molecule is CC(C)NC(=O)CNc1cccc(C#N)c1[N+](=O)[O-]. The van der Waals surface area contributed by atoms with E-state index in [9.17, 15) is 14.9 Å². The van der Waals surface area contributed by atoms with Crippen LogP contribution in [0.4, 0.5) is 11.4 Å². The summed E-state index contributed by atoms with van der Waals surface area (Å²) in [5.41, 5.74) is -0.204. The van der Waals surface area contributed by atoms with Crippen molar-refractivity contribution in [1.82, 2.24) is 5.32 Å². The highest BCUT2D eigenvalue weighted by Gasteiger charge is 2.19. The van der Waals surface area contributed by atoms with E-state index >= 15 is 0 Å². The number of benzene rings is 1. The second kappa shape index (κ2) is 6.35. The lowest BCUT2D eigenvalue weighted by Gasteiger charge is -2.10. The summed E-state index contributed by atoms with van der Waals surface area (Å²) in [6.07, 6.45) is 0. The van der Waals surface area contributed by atoms with Crippen LogP contribution in [0.1, 0.15) is 19.4 Å². The molecule has 100 valence electrons. The minimum atomic E-state index is -0.638. The second-order valence-electron chi connectivity index (χ2n) is 4.15. The highest BCUT2D eigenvalue weighted by molar-refractivity contribution is 5.82. The zero-order chi connectivity index (χ0) is 14.4. The maximum Gasteiger partial charge on any atom is 0.309 e. The standard InChI is InChI=1S/C12H14N4O3/c1-8(2)15-11(17)7-14-10-5-3-4-9(6-13)12(10)16(18)19/h3-5,8,14H,7H2,1-2H3,(H,15,17). The van der Waals surface area contributed by atoms with Crippen LogP contribution in [0.15, 0.2) is 18.2 Å². The Bertz CT molecular complexity index is 534. The number of para-hydroxylation sites is 1. The summed E-state index contributed by atoms with van der Waals surface area (Å²) in [4.78, 5) is 21.8. The van der Waals surface area contributed by atoms with Gasteiger partial charge in [0.15, 0.2) is 0 Å². The number of amides is 1. The topological polar surface area (TPSA) is 108 Å². The Morgan fingerprint density at radius 1 is 1.53 bits per heavy atom. The van der Waals surface area contributed by atoms with Gasteiger partial charge >= 0.3 is 5.69 Å². The number of nitriles is 1. The summed E-state index contributed by atoms with van der Waals surface area (Å²) >= 11 is 0. The third-order valence-corrected chi connectivity index (χ3v) is 2.23. The van der Waals surface area contributed by atoms with E-state index in [2.05, 4.69) is 10.6 Å². The van der Waals surface area contributed by atoms with E-state index in [4.69, 9.17) is 5.26 Å². The Hall–Kier alpha value is -2.62. The zero-order valence-electron chi connectivity index (χ0n) is 10.6. The van der Waals surface area contributed by atoms with Crippen molar-refractivity contribution in [2.45, 2.75) is 19.9 Å². The van der Waals surface area contributed by atoms with Crippen molar-refractivity contribution < 1.29 is 9.72 Å². The molecule has 1 amide bonds. The van der Waals surface area contributed by atoms with Crippen LogP contribution in [-0.2, 0) is 4.79 Å². The highest BCUT2D eigenvalue weighted by Crippen LogP contribution is 2.27. The van der Waals surface area contributed by atoms with Crippen LogP contribution in [0.5, 0.6) is 0 Å². The van der Waals surface area contributed by atoms with E-state index in [0.29, 0.717) is 0 Å². The summed E-state index contributed by atoms with van der Waals surface area (Å²) in [7, 11) is 0. The fourth-order valence-electron chi connectivity index (χ4n) is 1.52. The van der Waals surface area contributed by atoms with Gasteiger partial charge in [0.2, 0.25) is 5.91 Å². The number of nitro groups is 1. The van der Waals surface area contributed by atoms with Crippen LogP contribution in [0.3, 0.4) is 0 Å². The molecule has 19 heavy (non-hydrogen) atoms. The van der Waals surface area contributed by atoms with Crippen LogP contribution in [0.2, 0.25) is 0 Å². The van der Waals surface area contributed by atoms with Crippen LogP contribution in [-0.4, -0.2) is 23.4 Å². The molecule has 0 aliphatic heterocycles. The summed E-state index contributed by atoms with van der Waals surface area (Å²) in [6, 6.07) is 6.09. The Kier molecular flexibility index (Phi) is 4.83. The van der Waals surface area contributed by atoms with Crippen molar-refractivity contribution in [3.05, 3.63) is 33.9 Å². The van der Waals surface area contributed by atoms with E-state index in [1.165, 1.54) is 18.2 Å². The van der Waals surface area contributed by atoms with Crippen LogP contribution in [0.25, 0.3) is 0 Å². The molecule has 7 heteroatoms. The van der Waals surface area contributed by atoms with Gasteiger partial charge in [-0.2, -0.15) is 5.26 Å². The van der Waals surface area contributed by atoms with Gasteiger partial charge < -0.3 is 10.6 Å². The van der Waals surface area contributed by atoms with Gasteiger partial charge in [-0.25, -0.2) is 0 Å². The molecule has 0 heterocycles. The van der Waals surface area contributed by atoms with Gasteiger partial charge in [0.25, 0.3) is 0 Å². The Morgan fingerprint density at radius 3 is 2.74 bits per heavy atom. The molecule has 0 saturated carbocycles. The maximum absolute atomic E-state index is 11.5. The summed E-state index contributed by atoms with van der Waals surface area (Å²) in [5.74, 6) is -0.272. The third kappa shape index (κ3) is 3.96. The minimum absolute atomic E-state index is 0.00488. The molecular formula is C12H14N4O3. The first-order valence-electron chi connectivity index (χ1n) is 5.66. The molecule has 0 aliphatic carbocycles. The number of nitro benzene ring substituents is 1. The molecule has 1 aromatic rings. The van der Waals surface area contributed by atoms with Crippen LogP contribution >= 0.6 is 0 Å².